The Balaban J connectivity index is 1.36. The second kappa shape index (κ2) is 8.99. The number of nitrogens with zero attached hydrogens (tertiary/aromatic N) is 2. The van der Waals surface area contributed by atoms with Gasteiger partial charge in [-0.25, -0.2) is 0 Å². The van der Waals surface area contributed by atoms with E-state index in [9.17, 15) is 5.11 Å². The minimum Gasteiger partial charge on any atom is -0.496 e. The smallest absolute Gasteiger partial charge is 0.124 e. The summed E-state index contributed by atoms with van der Waals surface area (Å²) < 4.78 is 11.0. The van der Waals surface area contributed by atoms with Gasteiger partial charge in [-0.1, -0.05) is 18.2 Å². The molecule has 2 N–H and O–H groups in total. The first kappa shape index (κ1) is 17.9. The van der Waals surface area contributed by atoms with Crippen molar-refractivity contribution in [1.82, 2.24) is 15.1 Å². The van der Waals surface area contributed by atoms with E-state index in [2.05, 4.69) is 15.1 Å². The lowest BCUT2D eigenvalue weighted by Gasteiger charge is -2.32. The molecule has 0 unspecified atom stereocenters. The summed E-state index contributed by atoms with van der Waals surface area (Å²) in [5.74, 6) is 1.40. The van der Waals surface area contributed by atoms with E-state index >= 15 is 0 Å². The van der Waals surface area contributed by atoms with Crippen molar-refractivity contribution in [2.75, 3.05) is 33.4 Å². The average molecular weight is 345 g/mol. The lowest BCUT2D eigenvalue weighted by Crippen LogP contribution is -2.39. The van der Waals surface area contributed by atoms with Gasteiger partial charge >= 0.3 is 0 Å². The molecule has 1 saturated heterocycles. The number of β-amino-alcohol motifs (C(OH)–C–C–N with tert-alkyl or cyclic N) is 1. The normalized spacial score (nSPS) is 17.5. The molecule has 25 heavy (non-hydrogen) atoms. The number of hydrogen-bond donors (Lipinski definition) is 2. The zero-order chi connectivity index (χ0) is 17.5. The Morgan fingerprint density at radius 3 is 2.84 bits per heavy atom. The number of hydrogen-bond acceptors (Lipinski definition) is 5. The van der Waals surface area contributed by atoms with Crippen molar-refractivity contribution in [2.24, 2.45) is 0 Å². The number of ether oxygens (including phenoxy) is 2. The average Bonchev–Trinajstić information content (AvgIpc) is 3.17. The standard InChI is InChI=1S/C19H27N3O3/c1-24-19-5-3-2-4-16(19)13-25-14-18(23)12-22-8-6-15(7-9-22)17-10-20-21-11-17/h2-5,10-11,15,18,23H,6-9,12-14H2,1H3,(H,20,21)/t18-/m1/s1. The number of likely N-dealkylation sites (tertiary alicyclic amines) is 1. The summed E-state index contributed by atoms with van der Waals surface area (Å²) in [6.07, 6.45) is 5.64. The number of aromatic amines is 1. The summed E-state index contributed by atoms with van der Waals surface area (Å²) >= 11 is 0. The number of aliphatic hydroxyl groups excluding tert-OH is 1. The molecule has 0 aliphatic carbocycles. The van der Waals surface area contributed by atoms with Crippen molar-refractivity contribution < 1.29 is 14.6 Å². The Labute approximate surface area is 148 Å². The maximum absolute atomic E-state index is 10.2. The van der Waals surface area contributed by atoms with E-state index in [0.29, 0.717) is 25.7 Å². The third kappa shape index (κ3) is 5.04. The van der Waals surface area contributed by atoms with Crippen LogP contribution in [0, 0.1) is 0 Å². The summed E-state index contributed by atoms with van der Waals surface area (Å²) in [6, 6.07) is 7.79. The molecule has 1 aliphatic rings. The van der Waals surface area contributed by atoms with Crippen LogP contribution in [0.5, 0.6) is 5.75 Å². The Bertz CT molecular complexity index is 625. The second-order valence-corrected chi connectivity index (χ2v) is 6.59. The van der Waals surface area contributed by atoms with Gasteiger partial charge in [-0.15, -0.1) is 0 Å². The van der Waals surface area contributed by atoms with Crippen LogP contribution in [0.2, 0.25) is 0 Å². The minimum absolute atomic E-state index is 0.333. The van der Waals surface area contributed by atoms with Crippen molar-refractivity contribution >= 4 is 0 Å². The summed E-state index contributed by atoms with van der Waals surface area (Å²) in [5.41, 5.74) is 2.29. The molecule has 0 radical (unpaired) electrons. The Hall–Kier alpha value is -1.89. The second-order valence-electron chi connectivity index (χ2n) is 6.59. The van der Waals surface area contributed by atoms with Gasteiger partial charge in [0.15, 0.2) is 0 Å². The van der Waals surface area contributed by atoms with Crippen LogP contribution in [0.1, 0.15) is 29.9 Å². The zero-order valence-electron chi connectivity index (χ0n) is 14.7. The SMILES string of the molecule is COc1ccccc1COC[C@H](O)CN1CCC(c2cn[nH]c2)CC1. The molecule has 1 aromatic carbocycles. The molecule has 1 atom stereocenters. The fourth-order valence-electron chi connectivity index (χ4n) is 3.41. The van der Waals surface area contributed by atoms with E-state index in [-0.39, 0.29) is 0 Å². The third-order valence-corrected chi connectivity index (χ3v) is 4.81. The lowest BCUT2D eigenvalue weighted by atomic mass is 9.91. The minimum atomic E-state index is -0.472. The quantitative estimate of drug-likeness (QED) is 0.767. The molecular formula is C19H27N3O3. The van der Waals surface area contributed by atoms with Crippen LogP contribution in [0.25, 0.3) is 0 Å². The van der Waals surface area contributed by atoms with Crippen molar-refractivity contribution in [2.45, 2.75) is 31.5 Å². The van der Waals surface area contributed by atoms with Gasteiger partial charge in [0, 0.05) is 18.3 Å². The molecule has 2 aromatic rings. The van der Waals surface area contributed by atoms with Gasteiger partial charge in [-0.05, 0) is 43.5 Å². The van der Waals surface area contributed by atoms with Crippen molar-refractivity contribution in [3.63, 3.8) is 0 Å². The first-order valence-corrected chi connectivity index (χ1v) is 8.85. The maximum atomic E-state index is 10.2. The highest BCUT2D eigenvalue weighted by Crippen LogP contribution is 2.27. The number of H-pyrrole nitrogens is 1. The fourth-order valence-corrected chi connectivity index (χ4v) is 3.41. The molecule has 0 amide bonds. The van der Waals surface area contributed by atoms with E-state index in [1.54, 1.807) is 7.11 Å². The van der Waals surface area contributed by atoms with E-state index in [1.165, 1.54) is 5.56 Å². The predicted octanol–water partition coefficient (Wildman–Crippen LogP) is 2.18. The summed E-state index contributed by atoms with van der Waals surface area (Å²) in [7, 11) is 1.65. The van der Waals surface area contributed by atoms with Gasteiger partial charge in [0.05, 0.1) is 32.6 Å². The first-order chi connectivity index (χ1) is 12.3. The molecule has 2 heterocycles. The van der Waals surface area contributed by atoms with Crippen LogP contribution in [0.3, 0.4) is 0 Å². The van der Waals surface area contributed by atoms with E-state index in [0.717, 1.165) is 37.2 Å². The van der Waals surface area contributed by atoms with Gasteiger partial charge in [-0.2, -0.15) is 5.10 Å². The van der Waals surface area contributed by atoms with Gasteiger partial charge in [-0.3, -0.25) is 5.10 Å². The number of benzene rings is 1. The number of rotatable bonds is 8. The highest BCUT2D eigenvalue weighted by molar-refractivity contribution is 5.32. The molecule has 1 aliphatic heterocycles. The molecule has 6 nitrogen and oxygen atoms in total. The molecule has 6 heteroatoms. The van der Waals surface area contributed by atoms with Crippen molar-refractivity contribution in [1.29, 1.82) is 0 Å². The number of nitrogens with one attached hydrogen (secondary N) is 1. The molecule has 1 aromatic heterocycles. The van der Waals surface area contributed by atoms with E-state index < -0.39 is 6.10 Å². The zero-order valence-corrected chi connectivity index (χ0v) is 14.7. The van der Waals surface area contributed by atoms with Crippen LogP contribution in [0.15, 0.2) is 36.7 Å². The van der Waals surface area contributed by atoms with E-state index in [4.69, 9.17) is 9.47 Å². The first-order valence-electron chi connectivity index (χ1n) is 8.85. The van der Waals surface area contributed by atoms with E-state index in [1.807, 2.05) is 36.7 Å². The van der Waals surface area contributed by atoms with Crippen molar-refractivity contribution in [3.8, 4) is 5.75 Å². The largest absolute Gasteiger partial charge is 0.496 e. The number of methoxy groups -OCH3 is 1. The highest BCUT2D eigenvalue weighted by Gasteiger charge is 2.22. The Morgan fingerprint density at radius 1 is 1.32 bits per heavy atom. The maximum Gasteiger partial charge on any atom is 0.124 e. The molecule has 0 saturated carbocycles. The van der Waals surface area contributed by atoms with Crippen LogP contribution in [0.4, 0.5) is 0 Å². The van der Waals surface area contributed by atoms with Crippen LogP contribution < -0.4 is 4.74 Å². The number of aromatic nitrogens is 2. The Kier molecular flexibility index (Phi) is 6.44. The summed E-state index contributed by atoms with van der Waals surface area (Å²) in [4.78, 5) is 2.31. The molecular weight excluding hydrogens is 318 g/mol. The number of piperidine rings is 1. The third-order valence-electron chi connectivity index (χ3n) is 4.81. The highest BCUT2D eigenvalue weighted by atomic mass is 16.5. The van der Waals surface area contributed by atoms with Crippen LogP contribution in [-0.2, 0) is 11.3 Å². The predicted molar refractivity (Wildman–Crippen MR) is 95.7 cm³/mol. The molecule has 0 spiro atoms. The van der Waals surface area contributed by atoms with Gasteiger partial charge < -0.3 is 19.5 Å². The summed E-state index contributed by atoms with van der Waals surface area (Å²) in [6.45, 7) is 3.44. The van der Waals surface area contributed by atoms with Crippen LogP contribution >= 0.6 is 0 Å². The summed E-state index contributed by atoms with van der Waals surface area (Å²) in [5, 5.41) is 17.2. The topological polar surface area (TPSA) is 70.6 Å². The molecule has 1 fully saturated rings. The lowest BCUT2D eigenvalue weighted by molar-refractivity contribution is 0.00576. The van der Waals surface area contributed by atoms with Gasteiger partial charge in [0.1, 0.15) is 5.75 Å². The van der Waals surface area contributed by atoms with Crippen molar-refractivity contribution in [3.05, 3.63) is 47.8 Å². The van der Waals surface area contributed by atoms with Gasteiger partial charge in [0.25, 0.3) is 0 Å². The Morgan fingerprint density at radius 2 is 2.12 bits per heavy atom. The molecule has 0 bridgehead atoms. The van der Waals surface area contributed by atoms with Crippen LogP contribution in [-0.4, -0.2) is 59.7 Å². The fraction of sp³-hybridized carbons (Fsp3) is 0.526. The number of aliphatic hydroxyl groups is 1. The molecule has 3 rings (SSSR count). The monoisotopic (exact) mass is 345 g/mol. The van der Waals surface area contributed by atoms with Gasteiger partial charge in [0.2, 0.25) is 0 Å². The molecule has 136 valence electrons. The number of para-hydroxylation sites is 1.